The maximum absolute atomic E-state index is 13.2. The average molecular weight is 376 g/mol. The minimum atomic E-state index is -4.65. The number of aromatic nitrogens is 3. The van der Waals surface area contributed by atoms with Gasteiger partial charge in [0, 0.05) is 17.7 Å². The van der Waals surface area contributed by atoms with Gasteiger partial charge in [-0.15, -0.1) is 5.10 Å². The molecule has 0 saturated heterocycles. The number of aryl methyl sites for hydroxylation is 1. The molecule has 2 aromatic rings. The Balaban J connectivity index is 1.88. The van der Waals surface area contributed by atoms with Crippen LogP contribution in [0, 0.1) is 5.92 Å². The third-order valence-electron chi connectivity index (χ3n) is 5.08. The van der Waals surface area contributed by atoms with Crippen molar-refractivity contribution >= 4 is 11.7 Å². The van der Waals surface area contributed by atoms with E-state index in [9.17, 15) is 18.0 Å². The molecular formula is C19H19F3N4O. The standard InChI is InChI=1S/C19H19F3N4O/c1-3-11-4-6-12(7-5-11)16-15-13(8-10(2)9-14(15)27)23-18-24-17(19(20,21)22)25-26(16)18/h4-7,10,16H,3,8-9H2,1-2H3,(H,23,24,25)/t10-,16-/m1/s1. The Morgan fingerprint density at radius 1 is 1.22 bits per heavy atom. The van der Waals surface area contributed by atoms with E-state index in [2.05, 4.69) is 15.4 Å². The molecular weight excluding hydrogens is 357 g/mol. The highest BCUT2D eigenvalue weighted by Gasteiger charge is 2.42. The number of hydrogen-bond acceptors (Lipinski definition) is 4. The fourth-order valence-electron chi connectivity index (χ4n) is 3.77. The van der Waals surface area contributed by atoms with Crippen molar-refractivity contribution in [1.29, 1.82) is 0 Å². The molecule has 0 radical (unpaired) electrons. The summed E-state index contributed by atoms with van der Waals surface area (Å²) in [6, 6.07) is 6.85. The topological polar surface area (TPSA) is 59.8 Å². The van der Waals surface area contributed by atoms with Crippen LogP contribution in [0.2, 0.25) is 0 Å². The van der Waals surface area contributed by atoms with Crippen LogP contribution in [0.15, 0.2) is 35.5 Å². The van der Waals surface area contributed by atoms with E-state index in [-0.39, 0.29) is 17.6 Å². The fraction of sp³-hybridized carbons (Fsp3) is 0.421. The van der Waals surface area contributed by atoms with E-state index >= 15 is 0 Å². The Hall–Kier alpha value is -2.64. The highest BCUT2D eigenvalue weighted by Crippen LogP contribution is 2.42. The molecule has 1 aromatic carbocycles. The number of carbonyl (C=O) groups excluding carboxylic acids is 1. The lowest BCUT2D eigenvalue weighted by Gasteiger charge is -2.34. The van der Waals surface area contributed by atoms with Gasteiger partial charge in [0.25, 0.3) is 5.82 Å². The number of allylic oxidation sites excluding steroid dienone is 2. The zero-order valence-corrected chi connectivity index (χ0v) is 15.0. The molecule has 8 heteroatoms. The van der Waals surface area contributed by atoms with Gasteiger partial charge >= 0.3 is 6.18 Å². The molecule has 1 aliphatic heterocycles. The first kappa shape index (κ1) is 17.8. The molecule has 142 valence electrons. The van der Waals surface area contributed by atoms with Gasteiger partial charge in [-0.05, 0) is 29.9 Å². The van der Waals surface area contributed by atoms with Crippen molar-refractivity contribution in [1.82, 2.24) is 14.8 Å². The molecule has 5 nitrogen and oxygen atoms in total. The number of carbonyl (C=O) groups is 1. The third-order valence-corrected chi connectivity index (χ3v) is 5.08. The van der Waals surface area contributed by atoms with Crippen molar-refractivity contribution in [2.75, 3.05) is 5.32 Å². The molecule has 2 aliphatic rings. The summed E-state index contributed by atoms with van der Waals surface area (Å²) in [7, 11) is 0. The predicted octanol–water partition coefficient (Wildman–Crippen LogP) is 4.13. The van der Waals surface area contributed by atoms with E-state index in [1.165, 1.54) is 4.68 Å². The molecule has 0 amide bonds. The lowest BCUT2D eigenvalue weighted by Crippen LogP contribution is -2.33. The number of alkyl halides is 3. The molecule has 2 atom stereocenters. The summed E-state index contributed by atoms with van der Waals surface area (Å²) >= 11 is 0. The number of hydrogen-bond donors (Lipinski definition) is 1. The lowest BCUT2D eigenvalue weighted by atomic mass is 9.81. The number of benzene rings is 1. The molecule has 0 bridgehead atoms. The molecule has 27 heavy (non-hydrogen) atoms. The van der Waals surface area contributed by atoms with Crippen molar-refractivity contribution in [2.24, 2.45) is 5.92 Å². The SMILES string of the molecule is CCc1ccc([C@@H]2C3=C(C[C@@H](C)CC3=O)Nc3nc(C(F)(F)F)nn32)cc1. The summed E-state index contributed by atoms with van der Waals surface area (Å²) in [5.41, 5.74) is 2.98. The van der Waals surface area contributed by atoms with E-state index in [1.807, 2.05) is 38.1 Å². The number of rotatable bonds is 2. The normalized spacial score (nSPS) is 22.3. The zero-order chi connectivity index (χ0) is 19.3. The van der Waals surface area contributed by atoms with Gasteiger partial charge in [-0.1, -0.05) is 38.1 Å². The van der Waals surface area contributed by atoms with Crippen LogP contribution in [0.4, 0.5) is 19.1 Å². The lowest BCUT2D eigenvalue weighted by molar-refractivity contribution is -0.145. The zero-order valence-electron chi connectivity index (χ0n) is 15.0. The maximum Gasteiger partial charge on any atom is 0.453 e. The number of ketones is 1. The number of halogens is 3. The maximum atomic E-state index is 13.2. The molecule has 0 spiro atoms. The Morgan fingerprint density at radius 2 is 1.93 bits per heavy atom. The van der Waals surface area contributed by atoms with Crippen LogP contribution in [0.5, 0.6) is 0 Å². The van der Waals surface area contributed by atoms with Gasteiger partial charge in [0.1, 0.15) is 6.04 Å². The largest absolute Gasteiger partial charge is 0.453 e. The Bertz CT molecular complexity index is 927. The average Bonchev–Trinajstić information content (AvgIpc) is 3.04. The number of fused-ring (bicyclic) bond motifs is 1. The second kappa shape index (κ2) is 6.21. The Kier molecular flexibility index (Phi) is 4.09. The quantitative estimate of drug-likeness (QED) is 0.856. The smallest absolute Gasteiger partial charge is 0.328 e. The molecule has 0 saturated carbocycles. The minimum Gasteiger partial charge on any atom is -0.328 e. The molecule has 4 rings (SSSR count). The van der Waals surface area contributed by atoms with Crippen molar-refractivity contribution < 1.29 is 18.0 Å². The van der Waals surface area contributed by atoms with E-state index in [4.69, 9.17) is 0 Å². The fourth-order valence-corrected chi connectivity index (χ4v) is 3.77. The van der Waals surface area contributed by atoms with Crippen molar-refractivity contribution in [2.45, 2.75) is 45.3 Å². The summed E-state index contributed by atoms with van der Waals surface area (Å²) in [4.78, 5) is 16.4. The first-order valence-corrected chi connectivity index (χ1v) is 8.93. The van der Waals surface area contributed by atoms with Gasteiger partial charge in [0.15, 0.2) is 5.78 Å². The van der Waals surface area contributed by atoms with Gasteiger partial charge in [-0.2, -0.15) is 18.2 Å². The summed E-state index contributed by atoms with van der Waals surface area (Å²) in [5, 5.41) is 6.62. The summed E-state index contributed by atoms with van der Waals surface area (Å²) < 4.78 is 40.7. The first-order chi connectivity index (χ1) is 12.8. The van der Waals surface area contributed by atoms with Crippen molar-refractivity contribution in [3.05, 3.63) is 52.5 Å². The van der Waals surface area contributed by atoms with Crippen LogP contribution >= 0.6 is 0 Å². The van der Waals surface area contributed by atoms with Crippen LogP contribution in [0.1, 0.15) is 49.7 Å². The van der Waals surface area contributed by atoms with Crippen LogP contribution in [0.25, 0.3) is 0 Å². The number of nitrogens with zero attached hydrogens (tertiary/aromatic N) is 3. The van der Waals surface area contributed by atoms with E-state index < -0.39 is 18.0 Å². The van der Waals surface area contributed by atoms with Gasteiger partial charge < -0.3 is 5.32 Å². The molecule has 2 heterocycles. The van der Waals surface area contributed by atoms with Crippen molar-refractivity contribution in [3.63, 3.8) is 0 Å². The number of Topliss-reactive ketones (excluding diaryl/α,β-unsaturated/α-hetero) is 1. The van der Waals surface area contributed by atoms with Gasteiger partial charge in [-0.3, -0.25) is 4.79 Å². The second-order valence-corrected chi connectivity index (χ2v) is 7.15. The molecule has 1 N–H and O–H groups in total. The molecule has 1 aromatic heterocycles. The molecule has 0 fully saturated rings. The predicted molar refractivity (Wildman–Crippen MR) is 93.0 cm³/mol. The minimum absolute atomic E-state index is 0.0209. The van der Waals surface area contributed by atoms with Gasteiger partial charge in [0.05, 0.1) is 0 Å². The number of anilines is 1. The van der Waals surface area contributed by atoms with Crippen LogP contribution < -0.4 is 5.32 Å². The molecule has 1 aliphatic carbocycles. The highest BCUT2D eigenvalue weighted by atomic mass is 19.4. The van der Waals surface area contributed by atoms with Gasteiger partial charge in [-0.25, -0.2) is 4.68 Å². The Morgan fingerprint density at radius 3 is 2.56 bits per heavy atom. The highest BCUT2D eigenvalue weighted by molar-refractivity contribution is 5.99. The van der Waals surface area contributed by atoms with E-state index in [1.54, 1.807) is 0 Å². The summed E-state index contributed by atoms with van der Waals surface area (Å²) in [6.07, 6.45) is -2.83. The van der Waals surface area contributed by atoms with E-state index in [0.29, 0.717) is 24.1 Å². The van der Waals surface area contributed by atoms with Crippen LogP contribution in [-0.2, 0) is 17.4 Å². The third kappa shape index (κ3) is 3.02. The van der Waals surface area contributed by atoms with Gasteiger partial charge in [0.2, 0.25) is 5.95 Å². The summed E-state index contributed by atoms with van der Waals surface area (Å²) in [5.74, 6) is -1.12. The Labute approximate surface area is 154 Å². The number of nitrogens with one attached hydrogen (secondary N) is 1. The first-order valence-electron chi connectivity index (χ1n) is 8.93. The molecule has 0 unspecified atom stereocenters. The van der Waals surface area contributed by atoms with E-state index in [0.717, 1.165) is 17.5 Å². The van der Waals surface area contributed by atoms with Crippen LogP contribution in [-0.4, -0.2) is 20.5 Å². The second-order valence-electron chi connectivity index (χ2n) is 7.15. The van der Waals surface area contributed by atoms with Crippen molar-refractivity contribution in [3.8, 4) is 0 Å². The monoisotopic (exact) mass is 376 g/mol. The summed E-state index contributed by atoms with van der Waals surface area (Å²) in [6.45, 7) is 3.98. The van der Waals surface area contributed by atoms with Crippen LogP contribution in [0.3, 0.4) is 0 Å².